The fourth-order valence-corrected chi connectivity index (χ4v) is 4.32. The van der Waals surface area contributed by atoms with Gasteiger partial charge in [-0.15, -0.1) is 0 Å². The predicted molar refractivity (Wildman–Crippen MR) is 147 cm³/mol. The lowest BCUT2D eigenvalue weighted by molar-refractivity contribution is -0.141. The van der Waals surface area contributed by atoms with Crippen molar-refractivity contribution in [3.05, 3.63) is 90.1 Å². The van der Waals surface area contributed by atoms with Crippen molar-refractivity contribution in [2.24, 2.45) is 5.73 Å². The Morgan fingerprint density at radius 2 is 1.62 bits per heavy atom. The van der Waals surface area contributed by atoms with Crippen molar-refractivity contribution >= 4 is 34.6 Å². The lowest BCUT2D eigenvalue weighted by Gasteiger charge is -2.21. The number of hydrogen-bond donors (Lipinski definition) is 7. The minimum atomic E-state index is -1.23. The van der Waals surface area contributed by atoms with Crippen LogP contribution >= 0.6 is 0 Å². The Morgan fingerprint density at radius 3 is 2.35 bits per heavy atom. The van der Waals surface area contributed by atoms with E-state index in [1.165, 1.54) is 12.5 Å². The SMILES string of the molecule is NC(Cc1ccccc1)C(=O)NC(Cc1c[nH]c2ccccc12)C(=O)NCC(=O)NC(Cc1cnc[nH]1)C(=O)O. The van der Waals surface area contributed by atoms with Crippen LogP contribution in [0.2, 0.25) is 0 Å². The molecule has 0 bridgehead atoms. The molecule has 12 heteroatoms. The number of amides is 3. The topological polar surface area (TPSA) is 195 Å². The number of hydrogen-bond acceptors (Lipinski definition) is 6. The molecule has 0 aliphatic carbocycles. The van der Waals surface area contributed by atoms with E-state index in [2.05, 4.69) is 30.9 Å². The third-order valence-electron chi connectivity index (χ3n) is 6.40. The number of nitrogens with two attached hydrogens (primary N) is 1. The Bertz CT molecular complexity index is 1450. The van der Waals surface area contributed by atoms with Gasteiger partial charge in [-0.25, -0.2) is 9.78 Å². The Morgan fingerprint density at radius 1 is 0.875 bits per heavy atom. The molecule has 3 unspecified atom stereocenters. The zero-order valence-corrected chi connectivity index (χ0v) is 21.6. The summed E-state index contributed by atoms with van der Waals surface area (Å²) in [6.45, 7) is -0.484. The first-order chi connectivity index (χ1) is 19.3. The Labute approximate surface area is 229 Å². The number of benzene rings is 2. The van der Waals surface area contributed by atoms with Crippen LogP contribution < -0.4 is 21.7 Å². The van der Waals surface area contributed by atoms with Gasteiger partial charge in [-0.1, -0.05) is 48.5 Å². The fourth-order valence-electron chi connectivity index (χ4n) is 4.32. The average molecular weight is 546 g/mol. The number of carboxylic acids is 1. The Balaban J connectivity index is 1.42. The molecule has 12 nitrogen and oxygen atoms in total. The normalized spacial score (nSPS) is 13.2. The summed E-state index contributed by atoms with van der Waals surface area (Å²) in [6, 6.07) is 13.7. The molecule has 8 N–H and O–H groups in total. The van der Waals surface area contributed by atoms with Gasteiger partial charge >= 0.3 is 5.97 Å². The second kappa shape index (κ2) is 13.2. The molecule has 40 heavy (non-hydrogen) atoms. The minimum Gasteiger partial charge on any atom is -0.480 e. The highest BCUT2D eigenvalue weighted by atomic mass is 16.4. The zero-order valence-electron chi connectivity index (χ0n) is 21.6. The standard InChI is InChI=1S/C28H31N7O5/c29-21(10-17-6-2-1-3-7-17)26(37)35-23(11-18-13-31-22-9-5-4-8-20(18)22)27(38)32-15-25(36)34-24(28(39)40)12-19-14-30-16-33-19/h1-9,13-14,16,21,23-24,31H,10-12,15,29H2,(H,30,33)(H,32,38)(H,34,36)(H,35,37)(H,39,40). The summed E-state index contributed by atoms with van der Waals surface area (Å²) in [5, 5.41) is 18.0. The van der Waals surface area contributed by atoms with Crippen LogP contribution in [0.3, 0.4) is 0 Å². The monoisotopic (exact) mass is 545 g/mol. The number of imidazole rings is 1. The second-order valence-corrected chi connectivity index (χ2v) is 9.38. The maximum absolute atomic E-state index is 13.2. The van der Waals surface area contributed by atoms with Crippen molar-refractivity contribution < 1.29 is 24.3 Å². The number of aliphatic carboxylic acids is 1. The van der Waals surface area contributed by atoms with Crippen molar-refractivity contribution in [2.45, 2.75) is 37.4 Å². The van der Waals surface area contributed by atoms with E-state index in [9.17, 15) is 24.3 Å². The molecule has 4 rings (SSSR count). The number of carboxylic acid groups (broad SMARTS) is 1. The van der Waals surface area contributed by atoms with Gasteiger partial charge < -0.3 is 36.8 Å². The van der Waals surface area contributed by atoms with Crippen molar-refractivity contribution in [3.63, 3.8) is 0 Å². The molecule has 0 aliphatic rings. The van der Waals surface area contributed by atoms with Crippen LogP contribution in [0.15, 0.2) is 73.3 Å². The van der Waals surface area contributed by atoms with Crippen LogP contribution in [0.5, 0.6) is 0 Å². The van der Waals surface area contributed by atoms with E-state index in [0.29, 0.717) is 5.69 Å². The van der Waals surface area contributed by atoms with Gasteiger partial charge in [0.2, 0.25) is 17.7 Å². The van der Waals surface area contributed by atoms with Gasteiger partial charge in [0.15, 0.2) is 0 Å². The molecule has 3 amide bonds. The maximum Gasteiger partial charge on any atom is 0.326 e. The molecule has 0 radical (unpaired) electrons. The van der Waals surface area contributed by atoms with Gasteiger partial charge in [-0.3, -0.25) is 14.4 Å². The molecule has 2 aromatic heterocycles. The van der Waals surface area contributed by atoms with Gasteiger partial charge in [0.1, 0.15) is 12.1 Å². The number of nitrogens with zero attached hydrogens (tertiary/aromatic N) is 1. The van der Waals surface area contributed by atoms with Gasteiger partial charge in [-0.05, 0) is 23.6 Å². The second-order valence-electron chi connectivity index (χ2n) is 9.38. The van der Waals surface area contributed by atoms with E-state index >= 15 is 0 Å². The highest BCUT2D eigenvalue weighted by molar-refractivity contribution is 5.93. The molecule has 0 saturated carbocycles. The van der Waals surface area contributed by atoms with Crippen molar-refractivity contribution in [1.29, 1.82) is 0 Å². The maximum atomic E-state index is 13.2. The molecular weight excluding hydrogens is 514 g/mol. The number of fused-ring (bicyclic) bond motifs is 1. The first-order valence-corrected chi connectivity index (χ1v) is 12.7. The largest absolute Gasteiger partial charge is 0.480 e. The van der Waals surface area contributed by atoms with Gasteiger partial charge in [0, 0.05) is 41.8 Å². The smallest absolute Gasteiger partial charge is 0.326 e. The number of carbonyl (C=O) groups is 4. The lowest BCUT2D eigenvalue weighted by atomic mass is 10.0. The van der Waals surface area contributed by atoms with Crippen molar-refractivity contribution in [2.75, 3.05) is 6.54 Å². The molecule has 208 valence electrons. The first kappa shape index (κ1) is 28.0. The van der Waals surface area contributed by atoms with Crippen LogP contribution in [-0.4, -0.2) is 68.4 Å². The van der Waals surface area contributed by atoms with Crippen LogP contribution in [0.4, 0.5) is 0 Å². The summed E-state index contributed by atoms with van der Waals surface area (Å²) >= 11 is 0. The summed E-state index contributed by atoms with van der Waals surface area (Å²) in [7, 11) is 0. The fraction of sp³-hybridized carbons (Fsp3) is 0.250. The van der Waals surface area contributed by atoms with Gasteiger partial charge in [-0.2, -0.15) is 0 Å². The van der Waals surface area contributed by atoms with Crippen LogP contribution in [0, 0.1) is 0 Å². The predicted octanol–water partition coefficient (Wildman–Crippen LogP) is 0.417. The summed E-state index contributed by atoms with van der Waals surface area (Å²) in [6.07, 6.45) is 5.05. The molecular formula is C28H31N7O5. The Hall–Kier alpha value is -4.97. The average Bonchev–Trinajstić information content (AvgIpc) is 3.61. The first-order valence-electron chi connectivity index (χ1n) is 12.7. The number of nitrogens with one attached hydrogen (secondary N) is 5. The molecule has 2 heterocycles. The summed E-state index contributed by atoms with van der Waals surface area (Å²) in [4.78, 5) is 60.1. The van der Waals surface area contributed by atoms with Crippen LogP contribution in [0.25, 0.3) is 10.9 Å². The third-order valence-corrected chi connectivity index (χ3v) is 6.40. The molecule has 0 spiro atoms. The van der Waals surface area contributed by atoms with Gasteiger partial charge in [0.05, 0.1) is 18.9 Å². The molecule has 2 aromatic carbocycles. The summed E-state index contributed by atoms with van der Waals surface area (Å²) in [5.41, 5.74) is 9.22. The number of carbonyl (C=O) groups excluding carboxylic acids is 3. The van der Waals surface area contributed by atoms with E-state index < -0.39 is 48.4 Å². The highest BCUT2D eigenvalue weighted by Gasteiger charge is 2.27. The molecule has 3 atom stereocenters. The van der Waals surface area contributed by atoms with Crippen LogP contribution in [-0.2, 0) is 38.4 Å². The van der Waals surface area contributed by atoms with Crippen LogP contribution in [0.1, 0.15) is 16.8 Å². The number of H-pyrrole nitrogens is 2. The highest BCUT2D eigenvalue weighted by Crippen LogP contribution is 2.19. The van der Waals surface area contributed by atoms with E-state index in [4.69, 9.17) is 5.73 Å². The lowest BCUT2D eigenvalue weighted by Crippen LogP contribution is -2.54. The van der Waals surface area contributed by atoms with E-state index in [1.54, 1.807) is 6.20 Å². The minimum absolute atomic E-state index is 0.00638. The number of aromatic nitrogens is 3. The molecule has 0 fully saturated rings. The molecule has 4 aromatic rings. The van der Waals surface area contributed by atoms with Crippen molar-refractivity contribution in [3.8, 4) is 0 Å². The Kier molecular flexibility index (Phi) is 9.26. The zero-order chi connectivity index (χ0) is 28.5. The molecule has 0 saturated heterocycles. The van der Waals surface area contributed by atoms with Gasteiger partial charge in [0.25, 0.3) is 0 Å². The summed E-state index contributed by atoms with van der Waals surface area (Å²) < 4.78 is 0. The van der Waals surface area contributed by atoms with E-state index in [-0.39, 0.29) is 19.3 Å². The van der Waals surface area contributed by atoms with E-state index in [1.807, 2.05) is 54.6 Å². The number of para-hydroxylation sites is 1. The number of rotatable bonds is 13. The third kappa shape index (κ3) is 7.54. The molecule has 0 aliphatic heterocycles. The van der Waals surface area contributed by atoms with E-state index in [0.717, 1.165) is 22.0 Å². The number of aromatic amines is 2. The quantitative estimate of drug-likeness (QED) is 0.126. The summed E-state index contributed by atoms with van der Waals surface area (Å²) in [5.74, 6) is -3.05. The van der Waals surface area contributed by atoms with Crippen molar-refractivity contribution in [1.82, 2.24) is 30.9 Å².